The van der Waals surface area contributed by atoms with Crippen molar-refractivity contribution >= 4 is 18.2 Å². The van der Waals surface area contributed by atoms with Crippen molar-refractivity contribution in [3.05, 3.63) is 30.3 Å². The number of hydrogen-bond acceptors (Lipinski definition) is 8. The Bertz CT molecular complexity index is 1040. The van der Waals surface area contributed by atoms with E-state index in [2.05, 4.69) is 56.3 Å². The molecule has 11 heteroatoms. The zero-order chi connectivity index (χ0) is 27.7. The number of methoxy groups -OCH3 is 1. The molecule has 37 heavy (non-hydrogen) atoms. The molecule has 0 N–H and O–H groups in total. The summed E-state index contributed by atoms with van der Waals surface area (Å²) in [6.45, 7) is 15.6. The molecule has 2 rings (SSSR count). The Balaban J connectivity index is 1.90. The number of benzene rings is 1. The minimum Gasteiger partial charge on any atom is -0.414 e. The van der Waals surface area contributed by atoms with E-state index < -0.39 is 18.2 Å². The van der Waals surface area contributed by atoms with E-state index in [0.717, 1.165) is 25.7 Å². The highest BCUT2D eigenvalue weighted by molar-refractivity contribution is 7.91. The van der Waals surface area contributed by atoms with Crippen LogP contribution in [0.5, 0.6) is 0 Å². The zero-order valence-corrected chi connectivity index (χ0v) is 25.6. The summed E-state index contributed by atoms with van der Waals surface area (Å²) < 4.78 is 45.1. The van der Waals surface area contributed by atoms with Crippen molar-refractivity contribution in [1.82, 2.24) is 20.2 Å². The average Bonchev–Trinajstić information content (AvgIpc) is 3.31. The molecule has 0 bridgehead atoms. The molecule has 0 fully saturated rings. The lowest BCUT2D eigenvalue weighted by Gasteiger charge is -2.38. The summed E-state index contributed by atoms with van der Waals surface area (Å²) in [7, 11) is -3.85. The van der Waals surface area contributed by atoms with Crippen molar-refractivity contribution in [2.45, 2.75) is 102 Å². The van der Waals surface area contributed by atoms with E-state index in [9.17, 15) is 8.42 Å². The van der Waals surface area contributed by atoms with Crippen molar-refractivity contribution < 1.29 is 22.3 Å². The van der Waals surface area contributed by atoms with Crippen LogP contribution in [0.1, 0.15) is 66.7 Å². The average molecular weight is 555 g/mol. The van der Waals surface area contributed by atoms with Crippen LogP contribution in [0.15, 0.2) is 35.5 Å². The van der Waals surface area contributed by atoms with Crippen LogP contribution < -0.4 is 0 Å². The molecule has 2 aromatic rings. The molecule has 1 heterocycles. The molecule has 0 aliphatic carbocycles. The number of para-hydroxylation sites is 1. The van der Waals surface area contributed by atoms with E-state index in [1.807, 2.05) is 25.1 Å². The van der Waals surface area contributed by atoms with Crippen LogP contribution in [0.2, 0.25) is 18.1 Å². The molecular weight excluding hydrogens is 508 g/mol. The Morgan fingerprint density at radius 3 is 2.32 bits per heavy atom. The predicted octanol–water partition coefficient (Wildman–Crippen LogP) is 5.42. The summed E-state index contributed by atoms with van der Waals surface area (Å²) in [6.07, 6.45) is 4.47. The van der Waals surface area contributed by atoms with Gasteiger partial charge in [0.1, 0.15) is 6.79 Å². The van der Waals surface area contributed by atoms with Gasteiger partial charge in [-0.15, -0.1) is 0 Å². The van der Waals surface area contributed by atoms with Gasteiger partial charge in [-0.05, 0) is 85.6 Å². The number of ether oxygens (including phenoxy) is 2. The third-order valence-corrected chi connectivity index (χ3v) is 13.5. The summed E-state index contributed by atoms with van der Waals surface area (Å²) >= 11 is 0. The highest BCUT2D eigenvalue weighted by Crippen LogP contribution is 2.37. The predicted molar refractivity (Wildman–Crippen MR) is 148 cm³/mol. The van der Waals surface area contributed by atoms with Gasteiger partial charge in [0.2, 0.25) is 9.84 Å². The molecule has 1 aromatic heterocycles. The van der Waals surface area contributed by atoms with Crippen molar-refractivity contribution in [1.29, 1.82) is 0 Å². The first-order chi connectivity index (χ1) is 17.3. The number of hydrogen-bond donors (Lipinski definition) is 0. The fourth-order valence-electron chi connectivity index (χ4n) is 3.95. The third-order valence-electron chi connectivity index (χ3n) is 7.07. The second kappa shape index (κ2) is 13.9. The number of nitrogens with zero attached hydrogens (tertiary/aromatic N) is 4. The summed E-state index contributed by atoms with van der Waals surface area (Å²) in [5.41, 5.74) is 0.610. The Morgan fingerprint density at radius 2 is 1.70 bits per heavy atom. The van der Waals surface area contributed by atoms with Crippen molar-refractivity contribution in [3.8, 4) is 5.69 Å². The third kappa shape index (κ3) is 9.86. The standard InChI is InChI=1S/C26H46N4O5SSi/c1-21(19-36(31,32)25-27-28-29-30(25)23-14-10-9-11-15-23)17-18-24(34-20-33-6)16-12-13-22(2)35-37(7,8)26(3,4)5/h9-11,14-15,21-22,24H,12-13,16-20H2,1-8H3/t21-,22+,24-/m1/s1. The second-order valence-electron chi connectivity index (χ2n) is 11.5. The molecule has 0 saturated heterocycles. The van der Waals surface area contributed by atoms with E-state index in [4.69, 9.17) is 13.9 Å². The van der Waals surface area contributed by atoms with Gasteiger partial charge in [-0.1, -0.05) is 51.0 Å². The van der Waals surface area contributed by atoms with Crippen LogP contribution in [-0.4, -0.2) is 68.8 Å². The van der Waals surface area contributed by atoms with Gasteiger partial charge in [-0.25, -0.2) is 8.42 Å². The molecule has 0 saturated carbocycles. The van der Waals surface area contributed by atoms with Crippen molar-refractivity contribution in [2.24, 2.45) is 5.92 Å². The number of sulfone groups is 1. The van der Waals surface area contributed by atoms with E-state index in [1.165, 1.54) is 4.68 Å². The normalized spacial score (nSPS) is 15.5. The van der Waals surface area contributed by atoms with Gasteiger partial charge in [0.05, 0.1) is 17.5 Å². The van der Waals surface area contributed by atoms with E-state index in [0.29, 0.717) is 12.1 Å². The molecule has 0 aliphatic heterocycles. The van der Waals surface area contributed by atoms with Gasteiger partial charge in [0.15, 0.2) is 8.32 Å². The Hall–Kier alpha value is -1.66. The van der Waals surface area contributed by atoms with Gasteiger partial charge in [-0.2, -0.15) is 4.68 Å². The molecule has 0 unspecified atom stereocenters. The molecular formula is C26H46N4O5SSi. The molecule has 9 nitrogen and oxygen atoms in total. The van der Waals surface area contributed by atoms with E-state index >= 15 is 0 Å². The number of tetrazole rings is 1. The zero-order valence-electron chi connectivity index (χ0n) is 23.8. The largest absolute Gasteiger partial charge is 0.414 e. The molecule has 210 valence electrons. The maximum absolute atomic E-state index is 13.1. The Labute approximate surface area is 224 Å². The fourth-order valence-corrected chi connectivity index (χ4v) is 7.06. The summed E-state index contributed by atoms with van der Waals surface area (Å²) in [4.78, 5) is 0. The molecule has 0 aliphatic rings. The van der Waals surface area contributed by atoms with Gasteiger partial charge in [0.25, 0.3) is 5.16 Å². The first-order valence-corrected chi connectivity index (χ1v) is 17.7. The van der Waals surface area contributed by atoms with E-state index in [1.54, 1.807) is 19.2 Å². The second-order valence-corrected chi connectivity index (χ2v) is 18.2. The molecule has 0 amide bonds. The first-order valence-electron chi connectivity index (χ1n) is 13.1. The Kier molecular flexibility index (Phi) is 11.9. The lowest BCUT2D eigenvalue weighted by atomic mass is 10.0. The van der Waals surface area contributed by atoms with Crippen LogP contribution in [-0.2, 0) is 23.7 Å². The number of rotatable bonds is 16. The molecule has 0 spiro atoms. The quantitative estimate of drug-likeness (QED) is 0.200. The molecule has 1 aromatic carbocycles. The molecule has 0 radical (unpaired) electrons. The maximum Gasteiger partial charge on any atom is 0.272 e. The minimum absolute atomic E-state index is 0.000173. The van der Waals surface area contributed by atoms with Crippen molar-refractivity contribution in [2.75, 3.05) is 19.7 Å². The minimum atomic E-state index is -3.67. The first kappa shape index (κ1) is 31.6. The van der Waals surface area contributed by atoms with Crippen LogP contribution in [0.3, 0.4) is 0 Å². The van der Waals surface area contributed by atoms with Crippen LogP contribution in [0, 0.1) is 5.92 Å². The lowest BCUT2D eigenvalue weighted by molar-refractivity contribution is -0.0786. The van der Waals surface area contributed by atoms with Gasteiger partial charge < -0.3 is 13.9 Å². The SMILES string of the molecule is COCO[C@H](CCC[C@H](C)O[Si](C)(C)C(C)(C)C)CC[C@@H](C)CS(=O)(=O)c1nnnn1-c1ccccc1. The molecule has 3 atom stereocenters. The van der Waals surface area contributed by atoms with Gasteiger partial charge in [-0.3, -0.25) is 0 Å². The number of aromatic nitrogens is 4. The topological polar surface area (TPSA) is 105 Å². The summed E-state index contributed by atoms with van der Waals surface area (Å²) in [5.74, 6) is -0.116. The summed E-state index contributed by atoms with van der Waals surface area (Å²) in [6, 6.07) is 9.03. The highest BCUT2D eigenvalue weighted by atomic mass is 32.2. The van der Waals surface area contributed by atoms with Gasteiger partial charge >= 0.3 is 0 Å². The fraction of sp³-hybridized carbons (Fsp3) is 0.731. The van der Waals surface area contributed by atoms with Gasteiger partial charge in [0, 0.05) is 13.2 Å². The monoisotopic (exact) mass is 554 g/mol. The van der Waals surface area contributed by atoms with Crippen LogP contribution >= 0.6 is 0 Å². The summed E-state index contributed by atoms with van der Waals surface area (Å²) in [5, 5.41) is 11.4. The lowest BCUT2D eigenvalue weighted by Crippen LogP contribution is -2.43. The maximum atomic E-state index is 13.1. The smallest absolute Gasteiger partial charge is 0.272 e. The highest BCUT2D eigenvalue weighted by Gasteiger charge is 2.38. The Morgan fingerprint density at radius 1 is 1.03 bits per heavy atom. The van der Waals surface area contributed by atoms with Crippen LogP contribution in [0.4, 0.5) is 0 Å². The van der Waals surface area contributed by atoms with E-state index in [-0.39, 0.29) is 40.9 Å². The van der Waals surface area contributed by atoms with Crippen LogP contribution in [0.25, 0.3) is 5.69 Å². The van der Waals surface area contributed by atoms with Crippen molar-refractivity contribution in [3.63, 3.8) is 0 Å².